The lowest BCUT2D eigenvalue weighted by atomic mass is 10.3. The van der Waals surface area contributed by atoms with Crippen LogP contribution in [0.4, 0.5) is 5.00 Å². The van der Waals surface area contributed by atoms with E-state index >= 15 is 0 Å². The maximum absolute atomic E-state index is 12.3. The predicted octanol–water partition coefficient (Wildman–Crippen LogP) is 2.65. The number of carbonyl (C=O) groups excluding carboxylic acids is 1. The van der Waals surface area contributed by atoms with Gasteiger partial charge in [-0.2, -0.15) is 4.99 Å². The van der Waals surface area contributed by atoms with Crippen LogP contribution >= 0.6 is 22.7 Å². The van der Waals surface area contributed by atoms with Gasteiger partial charge in [-0.3, -0.25) is 14.9 Å². The van der Waals surface area contributed by atoms with Crippen LogP contribution in [-0.2, 0) is 21.4 Å². The SMILES string of the molecule is C=CCn1c(=NC(=O)C=Cc2ccc([N+](=O)[O-])s2)sc2cc(S(N)(=O)=O)ccc21. The summed E-state index contributed by atoms with van der Waals surface area (Å²) < 4.78 is 25.5. The van der Waals surface area contributed by atoms with Crippen molar-refractivity contribution >= 4 is 59.9 Å². The Morgan fingerprint density at radius 1 is 1.31 bits per heavy atom. The molecule has 0 saturated heterocycles. The molecular weight excluding hydrogens is 436 g/mol. The smallest absolute Gasteiger partial charge is 0.312 e. The van der Waals surface area contributed by atoms with Gasteiger partial charge in [-0.15, -0.1) is 6.58 Å². The number of nitrogens with two attached hydrogens (primary N) is 1. The molecule has 3 rings (SSSR count). The van der Waals surface area contributed by atoms with Crippen LogP contribution in [0.1, 0.15) is 4.88 Å². The molecule has 9 nitrogen and oxygen atoms in total. The van der Waals surface area contributed by atoms with Crippen molar-refractivity contribution in [3.05, 3.63) is 68.9 Å². The van der Waals surface area contributed by atoms with E-state index in [1.165, 1.54) is 30.4 Å². The molecule has 0 radical (unpaired) electrons. The van der Waals surface area contributed by atoms with E-state index in [4.69, 9.17) is 5.14 Å². The van der Waals surface area contributed by atoms with Crippen LogP contribution in [0.3, 0.4) is 0 Å². The number of hydrogen-bond acceptors (Lipinski definition) is 7. The Bertz CT molecular complexity index is 1330. The Labute approximate surface area is 173 Å². The Hall–Kier alpha value is -2.93. The quantitative estimate of drug-likeness (QED) is 0.266. The molecule has 0 aliphatic heterocycles. The van der Waals surface area contributed by atoms with Crippen LogP contribution in [0.15, 0.2) is 59.0 Å². The fourth-order valence-electron chi connectivity index (χ4n) is 2.44. The molecule has 0 unspecified atom stereocenters. The van der Waals surface area contributed by atoms with Crippen LogP contribution < -0.4 is 9.94 Å². The summed E-state index contributed by atoms with van der Waals surface area (Å²) in [4.78, 5) is 27.4. The average molecular weight is 451 g/mol. The molecule has 12 heteroatoms. The van der Waals surface area contributed by atoms with Crippen LogP contribution in [-0.4, -0.2) is 23.8 Å². The minimum Gasteiger partial charge on any atom is -0.312 e. The maximum Gasteiger partial charge on any atom is 0.324 e. The number of thiophene rings is 1. The Morgan fingerprint density at radius 2 is 2.07 bits per heavy atom. The second-order valence-corrected chi connectivity index (χ2v) is 9.34. The Morgan fingerprint density at radius 3 is 2.69 bits per heavy atom. The van der Waals surface area contributed by atoms with E-state index in [9.17, 15) is 23.3 Å². The summed E-state index contributed by atoms with van der Waals surface area (Å²) >= 11 is 2.08. The van der Waals surface area contributed by atoms with Gasteiger partial charge in [-0.1, -0.05) is 28.7 Å². The largest absolute Gasteiger partial charge is 0.324 e. The lowest BCUT2D eigenvalue weighted by Crippen LogP contribution is -2.15. The highest BCUT2D eigenvalue weighted by atomic mass is 32.2. The zero-order valence-electron chi connectivity index (χ0n) is 14.7. The summed E-state index contributed by atoms with van der Waals surface area (Å²) in [6.07, 6.45) is 4.30. The second kappa shape index (κ2) is 8.21. The third-order valence-corrected chi connectivity index (χ3v) is 6.64. The first-order valence-electron chi connectivity index (χ1n) is 7.97. The highest BCUT2D eigenvalue weighted by molar-refractivity contribution is 7.89. The summed E-state index contributed by atoms with van der Waals surface area (Å²) in [5, 5.41) is 15.9. The van der Waals surface area contributed by atoms with Gasteiger partial charge in [0.1, 0.15) is 0 Å². The third-order valence-electron chi connectivity index (χ3n) is 3.68. The van der Waals surface area contributed by atoms with E-state index in [0.717, 1.165) is 22.7 Å². The number of amides is 1. The van der Waals surface area contributed by atoms with Gasteiger partial charge >= 0.3 is 5.00 Å². The van der Waals surface area contributed by atoms with Crippen molar-refractivity contribution in [2.24, 2.45) is 10.1 Å². The highest BCUT2D eigenvalue weighted by Crippen LogP contribution is 2.25. The van der Waals surface area contributed by atoms with Crippen molar-refractivity contribution in [1.82, 2.24) is 4.57 Å². The second-order valence-electron chi connectivity index (χ2n) is 5.67. The number of sulfonamides is 1. The molecular formula is C17H14N4O5S3. The molecule has 29 heavy (non-hydrogen) atoms. The number of rotatable bonds is 6. The van der Waals surface area contributed by atoms with Gasteiger partial charge in [-0.25, -0.2) is 13.6 Å². The molecule has 150 valence electrons. The average Bonchev–Trinajstić information content (AvgIpc) is 3.24. The summed E-state index contributed by atoms with van der Waals surface area (Å²) in [5.74, 6) is -0.558. The van der Waals surface area contributed by atoms with Gasteiger partial charge in [0.2, 0.25) is 10.0 Å². The molecule has 2 heterocycles. The van der Waals surface area contributed by atoms with E-state index in [0.29, 0.717) is 26.4 Å². The minimum atomic E-state index is -3.85. The van der Waals surface area contributed by atoms with Crippen molar-refractivity contribution in [1.29, 1.82) is 0 Å². The summed E-state index contributed by atoms with van der Waals surface area (Å²) in [5.41, 5.74) is 0.687. The molecule has 0 fully saturated rings. The van der Waals surface area contributed by atoms with E-state index in [1.807, 2.05) is 0 Å². The molecule has 0 bridgehead atoms. The van der Waals surface area contributed by atoms with Crippen molar-refractivity contribution < 1.29 is 18.1 Å². The molecule has 0 atom stereocenters. The van der Waals surface area contributed by atoms with Gasteiger partial charge in [0.15, 0.2) is 4.80 Å². The van der Waals surface area contributed by atoms with Gasteiger partial charge in [0, 0.05) is 23.6 Å². The first kappa shape index (κ1) is 20.8. The number of allylic oxidation sites excluding steroid dienone is 1. The Balaban J connectivity index is 1.99. The molecule has 0 aliphatic carbocycles. The minimum absolute atomic E-state index is 0.0203. The lowest BCUT2D eigenvalue weighted by molar-refractivity contribution is -0.380. The fraction of sp³-hybridized carbons (Fsp3) is 0.0588. The number of carbonyl (C=O) groups is 1. The van der Waals surface area contributed by atoms with Gasteiger partial charge in [-0.05, 0) is 30.3 Å². The number of fused-ring (bicyclic) bond motifs is 1. The fourth-order valence-corrected chi connectivity index (χ4v) is 4.86. The first-order chi connectivity index (χ1) is 13.7. The van der Waals surface area contributed by atoms with Crippen LogP contribution in [0.2, 0.25) is 0 Å². The first-order valence-corrected chi connectivity index (χ1v) is 11.1. The van der Waals surface area contributed by atoms with Gasteiger partial charge in [0.05, 0.1) is 20.0 Å². The maximum atomic E-state index is 12.3. The van der Waals surface area contributed by atoms with Gasteiger partial charge < -0.3 is 4.57 Å². The number of benzene rings is 1. The topological polar surface area (TPSA) is 138 Å². The molecule has 3 aromatic rings. The van der Waals surface area contributed by atoms with Gasteiger partial charge in [0.25, 0.3) is 5.91 Å². The zero-order chi connectivity index (χ0) is 21.2. The number of nitrogens with zero attached hydrogens (tertiary/aromatic N) is 3. The predicted molar refractivity (Wildman–Crippen MR) is 112 cm³/mol. The highest BCUT2D eigenvalue weighted by Gasteiger charge is 2.12. The van der Waals surface area contributed by atoms with Crippen molar-refractivity contribution in [2.45, 2.75) is 11.4 Å². The molecule has 2 aromatic heterocycles. The zero-order valence-corrected chi connectivity index (χ0v) is 17.2. The van der Waals surface area contributed by atoms with Crippen LogP contribution in [0.25, 0.3) is 16.3 Å². The van der Waals surface area contributed by atoms with Crippen LogP contribution in [0.5, 0.6) is 0 Å². The summed E-state index contributed by atoms with van der Waals surface area (Å²) in [7, 11) is -3.85. The number of primary sulfonamides is 1. The van der Waals surface area contributed by atoms with Crippen molar-refractivity contribution in [2.75, 3.05) is 0 Å². The lowest BCUT2D eigenvalue weighted by Gasteiger charge is -2.02. The molecule has 0 aliphatic rings. The molecule has 1 amide bonds. The summed E-state index contributed by atoms with van der Waals surface area (Å²) in [6.45, 7) is 4.05. The number of nitro groups is 1. The van der Waals surface area contributed by atoms with E-state index < -0.39 is 20.9 Å². The number of aromatic nitrogens is 1. The monoisotopic (exact) mass is 450 g/mol. The third kappa shape index (κ3) is 4.74. The van der Waals surface area contributed by atoms with E-state index in [2.05, 4.69) is 11.6 Å². The summed E-state index contributed by atoms with van der Waals surface area (Å²) in [6, 6.07) is 7.31. The van der Waals surface area contributed by atoms with E-state index in [1.54, 1.807) is 22.8 Å². The van der Waals surface area contributed by atoms with Crippen LogP contribution in [0, 0.1) is 10.1 Å². The molecule has 1 aromatic carbocycles. The number of hydrogen-bond donors (Lipinski definition) is 1. The van der Waals surface area contributed by atoms with E-state index in [-0.39, 0.29) is 9.90 Å². The standard InChI is InChI=1S/C17H14N4O5S3/c1-2-9-20-13-6-5-12(29(18,25)26)10-14(13)28-17(20)19-15(22)7-3-11-4-8-16(27-11)21(23)24/h2-8,10H,1,9H2,(H2,18,25,26). The molecule has 2 N–H and O–H groups in total. The normalized spacial score (nSPS) is 12.7. The molecule has 0 saturated carbocycles. The van der Waals surface area contributed by atoms with Crippen molar-refractivity contribution in [3.63, 3.8) is 0 Å². The number of thiazole rings is 1. The Kier molecular flexibility index (Phi) is 5.88. The molecule has 0 spiro atoms. The van der Waals surface area contributed by atoms with Crippen molar-refractivity contribution in [3.8, 4) is 0 Å².